The molecule has 0 aliphatic carbocycles. The summed E-state index contributed by atoms with van der Waals surface area (Å²) in [5.41, 5.74) is 1.04. The monoisotopic (exact) mass is 453 g/mol. The van der Waals surface area contributed by atoms with E-state index < -0.39 is 0 Å². The van der Waals surface area contributed by atoms with Crippen LogP contribution < -0.4 is 4.90 Å². The molecule has 1 saturated heterocycles. The number of carbonyl (C=O) groups is 1. The Balaban J connectivity index is 1.66. The predicted octanol–water partition coefficient (Wildman–Crippen LogP) is 4.72. The lowest BCUT2D eigenvalue weighted by atomic mass is 10.2. The van der Waals surface area contributed by atoms with Crippen LogP contribution >= 0.6 is 34.5 Å². The average Bonchev–Trinajstić information content (AvgIpc) is 3.10. The molecular weight excluding hydrogens is 436 g/mol. The molecule has 1 fully saturated rings. The van der Waals surface area contributed by atoms with Crippen LogP contribution in [0.2, 0.25) is 10.0 Å². The first-order chi connectivity index (χ1) is 14.0. The van der Waals surface area contributed by atoms with Gasteiger partial charge >= 0.3 is 0 Å². The van der Waals surface area contributed by atoms with E-state index in [1.54, 1.807) is 29.2 Å². The summed E-state index contributed by atoms with van der Waals surface area (Å²) < 4.78 is 19.7. The van der Waals surface area contributed by atoms with E-state index in [9.17, 15) is 9.18 Å². The van der Waals surface area contributed by atoms with Crippen LogP contribution in [-0.4, -0.2) is 55.2 Å². The van der Waals surface area contributed by atoms with Gasteiger partial charge in [0.1, 0.15) is 5.82 Å². The number of hydrogen-bond acceptors (Lipinski definition) is 5. The largest absolute Gasteiger partial charge is 0.379 e. The Hall–Kier alpha value is -1.77. The quantitative estimate of drug-likeness (QED) is 0.560. The lowest BCUT2D eigenvalue weighted by Crippen LogP contribution is -2.43. The maximum atomic E-state index is 13.6. The van der Waals surface area contributed by atoms with E-state index in [1.807, 2.05) is 0 Å². The minimum absolute atomic E-state index is 0.248. The minimum Gasteiger partial charge on any atom is -0.379 e. The zero-order valence-electron chi connectivity index (χ0n) is 15.4. The summed E-state index contributed by atoms with van der Waals surface area (Å²) in [6.45, 7) is 4.10. The number of aromatic nitrogens is 1. The van der Waals surface area contributed by atoms with Gasteiger partial charge in [-0.2, -0.15) is 0 Å². The summed E-state index contributed by atoms with van der Waals surface area (Å²) in [6, 6.07) is 9.17. The predicted molar refractivity (Wildman–Crippen MR) is 115 cm³/mol. The molecule has 152 valence electrons. The second kappa shape index (κ2) is 8.93. The molecule has 5 nitrogen and oxygen atoms in total. The summed E-state index contributed by atoms with van der Waals surface area (Å²) in [7, 11) is 0. The summed E-state index contributed by atoms with van der Waals surface area (Å²) in [5, 5.41) is 1.29. The van der Waals surface area contributed by atoms with Gasteiger partial charge in [-0.05, 0) is 36.4 Å². The smallest absolute Gasteiger partial charge is 0.260 e. The maximum Gasteiger partial charge on any atom is 0.260 e. The van der Waals surface area contributed by atoms with Crippen molar-refractivity contribution in [2.45, 2.75) is 0 Å². The van der Waals surface area contributed by atoms with Crippen LogP contribution in [0.25, 0.3) is 10.2 Å². The number of carbonyl (C=O) groups excluding carboxylic acids is 1. The van der Waals surface area contributed by atoms with Crippen molar-refractivity contribution in [3.63, 3.8) is 0 Å². The molecule has 4 rings (SSSR count). The van der Waals surface area contributed by atoms with Gasteiger partial charge in [0, 0.05) is 41.8 Å². The summed E-state index contributed by atoms with van der Waals surface area (Å²) in [5.74, 6) is -0.581. The first-order valence-corrected chi connectivity index (χ1v) is 10.7. The first kappa shape index (κ1) is 20.5. The van der Waals surface area contributed by atoms with Crippen LogP contribution in [0.5, 0.6) is 0 Å². The Labute approximate surface area is 181 Å². The fourth-order valence-electron chi connectivity index (χ4n) is 3.19. The van der Waals surface area contributed by atoms with Crippen LogP contribution in [0.3, 0.4) is 0 Å². The highest BCUT2D eigenvalue weighted by Gasteiger charge is 2.23. The van der Waals surface area contributed by atoms with Crippen molar-refractivity contribution >= 4 is 55.8 Å². The first-order valence-electron chi connectivity index (χ1n) is 9.14. The molecule has 0 N–H and O–H groups in total. The zero-order valence-corrected chi connectivity index (χ0v) is 17.7. The number of anilines is 1. The summed E-state index contributed by atoms with van der Waals surface area (Å²) in [4.78, 5) is 21.7. The molecule has 9 heteroatoms. The third kappa shape index (κ3) is 4.87. The van der Waals surface area contributed by atoms with Crippen LogP contribution in [0.1, 0.15) is 10.4 Å². The lowest BCUT2D eigenvalue weighted by Gasteiger charge is -2.29. The fraction of sp³-hybridized carbons (Fsp3) is 0.300. The van der Waals surface area contributed by atoms with E-state index in [-0.39, 0.29) is 11.7 Å². The van der Waals surface area contributed by atoms with Crippen molar-refractivity contribution in [3.05, 3.63) is 57.8 Å². The highest BCUT2D eigenvalue weighted by molar-refractivity contribution is 7.22. The molecular formula is C20H18Cl2FN3O2S. The lowest BCUT2D eigenvalue weighted by molar-refractivity contribution is 0.0391. The molecule has 0 bridgehead atoms. The van der Waals surface area contributed by atoms with Gasteiger partial charge in [0.25, 0.3) is 5.91 Å². The standard InChI is InChI=1S/C20H18Cl2FN3O2S/c21-14-9-13(10-15(22)11-14)19(27)26(4-3-25-5-7-28-8-6-25)20-24-17-2-1-16(23)12-18(17)29-20/h1-2,9-12H,3-8H2. The molecule has 29 heavy (non-hydrogen) atoms. The van der Waals surface area contributed by atoms with Gasteiger partial charge < -0.3 is 4.74 Å². The van der Waals surface area contributed by atoms with E-state index in [2.05, 4.69) is 9.88 Å². The van der Waals surface area contributed by atoms with Crippen LogP contribution in [0.15, 0.2) is 36.4 Å². The second-order valence-electron chi connectivity index (χ2n) is 6.68. The van der Waals surface area contributed by atoms with E-state index in [4.69, 9.17) is 27.9 Å². The van der Waals surface area contributed by atoms with E-state index >= 15 is 0 Å². The molecule has 1 amide bonds. The van der Waals surface area contributed by atoms with Crippen molar-refractivity contribution in [2.75, 3.05) is 44.3 Å². The molecule has 1 aliphatic rings. The van der Waals surface area contributed by atoms with Crippen molar-refractivity contribution in [3.8, 4) is 0 Å². The number of amides is 1. The highest BCUT2D eigenvalue weighted by Crippen LogP contribution is 2.31. The number of nitrogens with zero attached hydrogens (tertiary/aromatic N) is 3. The number of morpholine rings is 1. The molecule has 3 aromatic rings. The number of ether oxygens (including phenoxy) is 1. The summed E-state index contributed by atoms with van der Waals surface area (Å²) >= 11 is 13.5. The zero-order chi connectivity index (χ0) is 20.4. The Morgan fingerprint density at radius 1 is 1.17 bits per heavy atom. The van der Waals surface area contributed by atoms with Gasteiger partial charge in [0.15, 0.2) is 5.13 Å². The van der Waals surface area contributed by atoms with Crippen molar-refractivity contribution in [1.82, 2.24) is 9.88 Å². The average molecular weight is 454 g/mol. The van der Waals surface area contributed by atoms with Crippen molar-refractivity contribution in [2.24, 2.45) is 0 Å². The maximum absolute atomic E-state index is 13.6. The van der Waals surface area contributed by atoms with E-state index in [0.29, 0.717) is 57.3 Å². The number of halogens is 3. The number of hydrogen-bond donors (Lipinski definition) is 0. The third-order valence-electron chi connectivity index (χ3n) is 4.67. The Morgan fingerprint density at radius 3 is 2.62 bits per heavy atom. The molecule has 2 aromatic carbocycles. The van der Waals surface area contributed by atoms with Gasteiger partial charge in [-0.1, -0.05) is 34.5 Å². The van der Waals surface area contributed by atoms with Gasteiger partial charge in [-0.25, -0.2) is 9.37 Å². The highest BCUT2D eigenvalue weighted by atomic mass is 35.5. The van der Waals surface area contributed by atoms with Gasteiger partial charge in [0.2, 0.25) is 0 Å². The summed E-state index contributed by atoms with van der Waals surface area (Å²) in [6.07, 6.45) is 0. The SMILES string of the molecule is O=C(c1cc(Cl)cc(Cl)c1)N(CCN1CCOCC1)c1nc2ccc(F)cc2s1. The van der Waals surface area contributed by atoms with Gasteiger partial charge in [-0.15, -0.1) is 0 Å². The number of rotatable bonds is 5. The Bertz CT molecular complexity index is 1020. The van der Waals surface area contributed by atoms with Crippen molar-refractivity contribution in [1.29, 1.82) is 0 Å². The molecule has 0 atom stereocenters. The van der Waals surface area contributed by atoms with Crippen molar-refractivity contribution < 1.29 is 13.9 Å². The number of fused-ring (bicyclic) bond motifs is 1. The van der Waals surface area contributed by atoms with E-state index in [1.165, 1.54) is 23.5 Å². The Kier molecular flexibility index (Phi) is 6.32. The fourth-order valence-corrected chi connectivity index (χ4v) is 4.73. The molecule has 0 unspecified atom stereocenters. The van der Waals surface area contributed by atoms with Gasteiger partial charge in [-0.3, -0.25) is 14.6 Å². The number of thiazole rings is 1. The molecule has 0 saturated carbocycles. The number of benzene rings is 2. The second-order valence-corrected chi connectivity index (χ2v) is 8.56. The van der Waals surface area contributed by atoms with Crippen LogP contribution in [0, 0.1) is 5.82 Å². The van der Waals surface area contributed by atoms with E-state index in [0.717, 1.165) is 13.1 Å². The van der Waals surface area contributed by atoms with Crippen LogP contribution in [0.4, 0.5) is 9.52 Å². The molecule has 0 spiro atoms. The third-order valence-corrected chi connectivity index (χ3v) is 6.15. The van der Waals surface area contributed by atoms with Gasteiger partial charge in [0.05, 0.1) is 23.4 Å². The molecule has 1 aliphatic heterocycles. The molecule has 1 aromatic heterocycles. The minimum atomic E-state index is -0.333. The normalized spacial score (nSPS) is 15.0. The topological polar surface area (TPSA) is 45.7 Å². The molecule has 2 heterocycles. The van der Waals surface area contributed by atoms with Crippen LogP contribution in [-0.2, 0) is 4.74 Å². The Morgan fingerprint density at radius 2 is 1.90 bits per heavy atom. The molecule has 0 radical (unpaired) electrons.